The molecule has 0 unspecified atom stereocenters. The van der Waals surface area contributed by atoms with E-state index >= 15 is 0 Å². The Morgan fingerprint density at radius 2 is 2.33 bits per heavy atom. The number of amides is 1. The smallest absolute Gasteiger partial charge is 0.407 e. The van der Waals surface area contributed by atoms with Crippen LogP contribution in [-0.2, 0) is 4.74 Å². The van der Waals surface area contributed by atoms with Gasteiger partial charge in [-0.2, -0.15) is 5.10 Å². The zero-order valence-corrected chi connectivity index (χ0v) is 11.0. The molecule has 2 atom stereocenters. The number of hydrogen-bond acceptors (Lipinski definition) is 4. The highest BCUT2D eigenvalue weighted by Gasteiger charge is 2.31. The lowest BCUT2D eigenvalue weighted by Crippen LogP contribution is -2.41. The number of nitrogens with one attached hydrogen (secondary N) is 3. The Balaban J connectivity index is 1.94. The van der Waals surface area contributed by atoms with Crippen molar-refractivity contribution in [2.45, 2.75) is 44.9 Å². The Labute approximate surface area is 106 Å². The molecule has 6 nitrogen and oxygen atoms in total. The van der Waals surface area contributed by atoms with Crippen molar-refractivity contribution in [3.05, 3.63) is 18.0 Å². The summed E-state index contributed by atoms with van der Waals surface area (Å²) in [5, 5.41) is 13.0. The fourth-order valence-corrected chi connectivity index (χ4v) is 2.10. The summed E-state index contributed by atoms with van der Waals surface area (Å²) < 4.78 is 5.26. The summed E-state index contributed by atoms with van der Waals surface area (Å²) in [6.45, 7) is 6.43. The van der Waals surface area contributed by atoms with Crippen molar-refractivity contribution >= 4 is 6.09 Å². The average Bonchev–Trinajstić information content (AvgIpc) is 2.82. The molecule has 0 saturated carbocycles. The maximum atomic E-state index is 11.7. The fourth-order valence-electron chi connectivity index (χ4n) is 2.10. The SMILES string of the molecule is CC(C)(C)OC(=O)N[C@@H]1CCN[C@H]1c1cn[nH]c1. The highest BCUT2D eigenvalue weighted by atomic mass is 16.6. The largest absolute Gasteiger partial charge is 0.444 e. The Bertz CT molecular complexity index is 397. The van der Waals surface area contributed by atoms with Crippen LogP contribution in [0.5, 0.6) is 0 Å². The van der Waals surface area contributed by atoms with Crippen LogP contribution in [0.25, 0.3) is 0 Å². The summed E-state index contributed by atoms with van der Waals surface area (Å²) in [6, 6.07) is 0.133. The number of hydrogen-bond donors (Lipinski definition) is 3. The number of ether oxygens (including phenoxy) is 1. The predicted octanol–water partition coefficient (Wildman–Crippen LogP) is 1.34. The predicted molar refractivity (Wildman–Crippen MR) is 67.1 cm³/mol. The van der Waals surface area contributed by atoms with Crippen LogP contribution >= 0.6 is 0 Å². The van der Waals surface area contributed by atoms with E-state index in [1.165, 1.54) is 0 Å². The van der Waals surface area contributed by atoms with E-state index in [1.807, 2.05) is 27.0 Å². The first-order valence-electron chi connectivity index (χ1n) is 6.17. The Morgan fingerprint density at radius 3 is 2.94 bits per heavy atom. The van der Waals surface area contributed by atoms with Gasteiger partial charge in [0.05, 0.1) is 18.3 Å². The van der Waals surface area contributed by atoms with E-state index in [9.17, 15) is 4.79 Å². The molecular weight excluding hydrogens is 232 g/mol. The highest BCUT2D eigenvalue weighted by molar-refractivity contribution is 5.68. The molecule has 0 radical (unpaired) electrons. The molecule has 1 aromatic heterocycles. The number of aromatic amines is 1. The van der Waals surface area contributed by atoms with Gasteiger partial charge in [0.1, 0.15) is 5.60 Å². The van der Waals surface area contributed by atoms with Gasteiger partial charge in [-0.25, -0.2) is 4.79 Å². The van der Waals surface area contributed by atoms with Crippen LogP contribution in [0.1, 0.15) is 38.8 Å². The lowest BCUT2D eigenvalue weighted by Gasteiger charge is -2.24. The second-order valence-electron chi connectivity index (χ2n) is 5.50. The second-order valence-corrected chi connectivity index (χ2v) is 5.50. The van der Waals surface area contributed by atoms with Gasteiger partial charge in [-0.1, -0.05) is 0 Å². The van der Waals surface area contributed by atoms with Crippen molar-refractivity contribution in [1.29, 1.82) is 0 Å². The van der Waals surface area contributed by atoms with Gasteiger partial charge in [0.2, 0.25) is 0 Å². The molecule has 6 heteroatoms. The van der Waals surface area contributed by atoms with Crippen LogP contribution < -0.4 is 10.6 Å². The van der Waals surface area contributed by atoms with Crippen LogP contribution in [0.3, 0.4) is 0 Å². The third-order valence-electron chi connectivity index (χ3n) is 2.80. The molecule has 0 bridgehead atoms. The van der Waals surface area contributed by atoms with Gasteiger partial charge in [0.15, 0.2) is 0 Å². The molecule has 0 spiro atoms. The monoisotopic (exact) mass is 252 g/mol. The van der Waals surface area contributed by atoms with E-state index in [-0.39, 0.29) is 18.2 Å². The Hall–Kier alpha value is -1.56. The summed E-state index contributed by atoms with van der Waals surface area (Å²) in [7, 11) is 0. The van der Waals surface area contributed by atoms with E-state index in [0.29, 0.717) is 0 Å². The highest BCUT2D eigenvalue weighted by Crippen LogP contribution is 2.23. The molecule has 1 aliphatic heterocycles. The number of aromatic nitrogens is 2. The van der Waals surface area contributed by atoms with E-state index in [2.05, 4.69) is 20.8 Å². The first-order valence-corrected chi connectivity index (χ1v) is 6.17. The zero-order valence-electron chi connectivity index (χ0n) is 11.0. The summed E-state index contributed by atoms with van der Waals surface area (Å²) in [5.74, 6) is 0. The summed E-state index contributed by atoms with van der Waals surface area (Å²) in [6.07, 6.45) is 4.12. The van der Waals surface area contributed by atoms with Gasteiger partial charge in [0, 0.05) is 11.8 Å². The molecule has 100 valence electrons. The molecule has 2 heterocycles. The van der Waals surface area contributed by atoms with Gasteiger partial charge in [-0.05, 0) is 33.7 Å². The maximum Gasteiger partial charge on any atom is 0.407 e. The maximum absolute atomic E-state index is 11.7. The number of alkyl carbamates (subject to hydrolysis) is 1. The third-order valence-corrected chi connectivity index (χ3v) is 2.80. The average molecular weight is 252 g/mol. The third kappa shape index (κ3) is 3.22. The van der Waals surface area contributed by atoms with E-state index < -0.39 is 5.60 Å². The number of H-pyrrole nitrogens is 1. The lowest BCUT2D eigenvalue weighted by atomic mass is 10.0. The fraction of sp³-hybridized carbons (Fsp3) is 0.667. The molecule has 1 aliphatic rings. The van der Waals surface area contributed by atoms with Crippen LogP contribution in [0.4, 0.5) is 4.79 Å². The molecule has 2 rings (SSSR count). The molecule has 1 fully saturated rings. The molecular formula is C12H20N4O2. The number of carbonyl (C=O) groups excluding carboxylic acids is 1. The van der Waals surface area contributed by atoms with Gasteiger partial charge in [-0.15, -0.1) is 0 Å². The normalized spacial score (nSPS) is 23.9. The minimum Gasteiger partial charge on any atom is -0.444 e. The summed E-state index contributed by atoms with van der Waals surface area (Å²) in [5.41, 5.74) is 0.579. The van der Waals surface area contributed by atoms with E-state index in [0.717, 1.165) is 18.5 Å². The van der Waals surface area contributed by atoms with Gasteiger partial charge in [-0.3, -0.25) is 5.10 Å². The quantitative estimate of drug-likeness (QED) is 0.742. The van der Waals surface area contributed by atoms with Crippen molar-refractivity contribution in [3.63, 3.8) is 0 Å². The first-order chi connectivity index (χ1) is 8.46. The summed E-state index contributed by atoms with van der Waals surface area (Å²) in [4.78, 5) is 11.7. The van der Waals surface area contributed by atoms with Gasteiger partial charge in [0.25, 0.3) is 0 Å². The molecule has 1 saturated heterocycles. The zero-order chi connectivity index (χ0) is 13.2. The van der Waals surface area contributed by atoms with Crippen LogP contribution in [0.15, 0.2) is 12.4 Å². The van der Waals surface area contributed by atoms with Crippen molar-refractivity contribution in [2.24, 2.45) is 0 Å². The minimum absolute atomic E-state index is 0.0393. The molecule has 0 aromatic carbocycles. The molecule has 1 aromatic rings. The first kappa shape index (κ1) is 12.9. The van der Waals surface area contributed by atoms with E-state index in [4.69, 9.17) is 4.74 Å². The minimum atomic E-state index is -0.471. The van der Waals surface area contributed by atoms with Gasteiger partial charge < -0.3 is 15.4 Å². The van der Waals surface area contributed by atoms with Crippen molar-refractivity contribution < 1.29 is 9.53 Å². The molecule has 18 heavy (non-hydrogen) atoms. The van der Waals surface area contributed by atoms with Gasteiger partial charge >= 0.3 is 6.09 Å². The molecule has 0 aliphatic carbocycles. The second kappa shape index (κ2) is 4.97. The number of rotatable bonds is 2. The topological polar surface area (TPSA) is 79.0 Å². The Kier molecular flexibility index (Phi) is 3.56. The van der Waals surface area contributed by atoms with Crippen molar-refractivity contribution in [3.8, 4) is 0 Å². The molecule has 3 N–H and O–H groups in total. The lowest BCUT2D eigenvalue weighted by molar-refractivity contribution is 0.0500. The number of nitrogens with zero attached hydrogens (tertiary/aromatic N) is 1. The Morgan fingerprint density at radius 1 is 1.56 bits per heavy atom. The van der Waals surface area contributed by atoms with Crippen molar-refractivity contribution in [1.82, 2.24) is 20.8 Å². The van der Waals surface area contributed by atoms with E-state index in [1.54, 1.807) is 6.20 Å². The van der Waals surface area contributed by atoms with Crippen LogP contribution in [0, 0.1) is 0 Å². The molecule has 1 amide bonds. The van der Waals surface area contributed by atoms with Crippen LogP contribution in [0.2, 0.25) is 0 Å². The standard InChI is InChI=1S/C12H20N4O2/c1-12(2,3)18-11(17)16-9-4-5-13-10(9)8-6-14-15-7-8/h6-7,9-10,13H,4-5H2,1-3H3,(H,14,15)(H,16,17)/t9-,10+/m1/s1. The summed E-state index contributed by atoms with van der Waals surface area (Å²) >= 11 is 0. The van der Waals surface area contributed by atoms with Crippen molar-refractivity contribution in [2.75, 3.05) is 6.54 Å². The number of carbonyl (C=O) groups is 1. The van der Waals surface area contributed by atoms with Crippen LogP contribution in [-0.4, -0.2) is 34.5 Å².